The van der Waals surface area contributed by atoms with Crippen molar-refractivity contribution in [1.82, 2.24) is 10.3 Å². The fraction of sp³-hybridized carbons (Fsp3) is 0.786. The molecule has 1 fully saturated rings. The van der Waals surface area contributed by atoms with E-state index >= 15 is 0 Å². The van der Waals surface area contributed by atoms with Crippen LogP contribution in [0.1, 0.15) is 44.8 Å². The summed E-state index contributed by atoms with van der Waals surface area (Å²) in [5.74, 6) is 0.658. The van der Waals surface area contributed by atoms with Crippen molar-refractivity contribution in [2.45, 2.75) is 52.1 Å². The second-order valence-electron chi connectivity index (χ2n) is 6.19. The molecule has 2 rings (SSSR count). The highest BCUT2D eigenvalue weighted by molar-refractivity contribution is 7.09. The second kappa shape index (κ2) is 5.68. The topological polar surface area (TPSA) is 34.2 Å². The van der Waals surface area contributed by atoms with Crippen LogP contribution in [0.2, 0.25) is 0 Å². The van der Waals surface area contributed by atoms with Crippen molar-refractivity contribution in [2.24, 2.45) is 5.92 Å². The summed E-state index contributed by atoms with van der Waals surface area (Å²) in [7, 11) is 0. The average Bonchev–Trinajstić information content (AvgIpc) is 2.96. The minimum Gasteiger partial charge on any atom is -0.381 e. The third-order valence-corrected chi connectivity index (χ3v) is 4.79. The van der Waals surface area contributed by atoms with E-state index in [0.717, 1.165) is 25.5 Å². The van der Waals surface area contributed by atoms with Gasteiger partial charge >= 0.3 is 0 Å². The number of hydrogen-bond donors (Lipinski definition) is 1. The van der Waals surface area contributed by atoms with Gasteiger partial charge in [-0.25, -0.2) is 4.98 Å². The van der Waals surface area contributed by atoms with Crippen molar-refractivity contribution < 1.29 is 4.74 Å². The Hall–Kier alpha value is -0.450. The number of rotatable bonds is 4. The molecule has 1 saturated heterocycles. The first kappa shape index (κ1) is 14.0. The lowest BCUT2D eigenvalue weighted by Gasteiger charge is -2.18. The first-order chi connectivity index (χ1) is 8.47. The van der Waals surface area contributed by atoms with Gasteiger partial charge < -0.3 is 10.1 Å². The van der Waals surface area contributed by atoms with Crippen LogP contribution in [-0.2, 0) is 16.7 Å². The van der Waals surface area contributed by atoms with Crippen LogP contribution >= 0.6 is 11.3 Å². The van der Waals surface area contributed by atoms with Gasteiger partial charge in [-0.15, -0.1) is 11.3 Å². The maximum Gasteiger partial charge on any atom is 0.0982 e. The molecule has 1 aromatic heterocycles. The van der Waals surface area contributed by atoms with Crippen molar-refractivity contribution in [3.8, 4) is 0 Å². The molecule has 2 atom stereocenters. The van der Waals surface area contributed by atoms with Crippen LogP contribution in [-0.4, -0.2) is 24.2 Å². The van der Waals surface area contributed by atoms with E-state index in [1.165, 1.54) is 11.4 Å². The molecule has 1 aromatic rings. The van der Waals surface area contributed by atoms with Crippen molar-refractivity contribution in [2.75, 3.05) is 13.2 Å². The fourth-order valence-electron chi connectivity index (χ4n) is 2.11. The van der Waals surface area contributed by atoms with Crippen LogP contribution < -0.4 is 5.32 Å². The summed E-state index contributed by atoms with van der Waals surface area (Å²) in [5, 5.41) is 6.96. The Balaban J connectivity index is 1.84. The zero-order valence-corrected chi connectivity index (χ0v) is 12.6. The molecule has 102 valence electrons. The van der Waals surface area contributed by atoms with E-state index in [2.05, 4.69) is 38.4 Å². The molecule has 4 heteroatoms. The third-order valence-electron chi connectivity index (χ3n) is 3.47. The van der Waals surface area contributed by atoms with Gasteiger partial charge in [-0.1, -0.05) is 20.8 Å². The Morgan fingerprint density at radius 1 is 1.56 bits per heavy atom. The summed E-state index contributed by atoms with van der Waals surface area (Å²) in [6, 6.07) is 0.507. The van der Waals surface area contributed by atoms with E-state index in [1.54, 1.807) is 11.3 Å². The van der Waals surface area contributed by atoms with E-state index in [4.69, 9.17) is 9.72 Å². The molecule has 1 aliphatic heterocycles. The molecule has 1 aliphatic rings. The molecule has 3 nitrogen and oxygen atoms in total. The fourth-order valence-corrected chi connectivity index (χ4v) is 3.02. The lowest BCUT2D eigenvalue weighted by Crippen LogP contribution is -2.33. The Morgan fingerprint density at radius 2 is 2.33 bits per heavy atom. The van der Waals surface area contributed by atoms with Crippen LogP contribution in [0.25, 0.3) is 0 Å². The second-order valence-corrected chi connectivity index (χ2v) is 7.05. The summed E-state index contributed by atoms with van der Waals surface area (Å²) in [4.78, 5) is 4.70. The van der Waals surface area contributed by atoms with Crippen LogP contribution in [0.3, 0.4) is 0 Å². The largest absolute Gasteiger partial charge is 0.381 e. The molecule has 0 amide bonds. The van der Waals surface area contributed by atoms with Gasteiger partial charge in [0, 0.05) is 30.0 Å². The molecule has 1 N–H and O–H groups in total. The smallest absolute Gasteiger partial charge is 0.0982 e. The SMILES string of the molecule is CC(NCc1csc(C(C)(C)C)n1)C1CCOC1. The van der Waals surface area contributed by atoms with Crippen molar-refractivity contribution >= 4 is 11.3 Å². The highest BCUT2D eigenvalue weighted by atomic mass is 32.1. The van der Waals surface area contributed by atoms with E-state index in [1.807, 2.05) is 0 Å². The molecular weight excluding hydrogens is 244 g/mol. The number of ether oxygens (including phenoxy) is 1. The average molecular weight is 268 g/mol. The van der Waals surface area contributed by atoms with Crippen LogP contribution in [0.15, 0.2) is 5.38 Å². The molecule has 0 spiro atoms. The Kier molecular flexibility index (Phi) is 4.41. The molecule has 0 radical (unpaired) electrons. The minimum absolute atomic E-state index is 0.161. The van der Waals surface area contributed by atoms with Crippen molar-refractivity contribution in [3.05, 3.63) is 16.1 Å². The monoisotopic (exact) mass is 268 g/mol. The number of aromatic nitrogens is 1. The molecule has 0 aromatic carbocycles. The quantitative estimate of drug-likeness (QED) is 0.911. The van der Waals surface area contributed by atoms with Gasteiger partial charge in [-0.05, 0) is 19.3 Å². The molecule has 2 unspecified atom stereocenters. The molecule has 0 bridgehead atoms. The standard InChI is InChI=1S/C14H24N2OS/c1-10(11-5-6-17-8-11)15-7-12-9-18-13(16-12)14(2,3)4/h9-11,15H,5-8H2,1-4H3. The first-order valence-electron chi connectivity index (χ1n) is 6.73. The zero-order valence-electron chi connectivity index (χ0n) is 11.8. The van der Waals surface area contributed by atoms with Gasteiger partial charge in [-0.2, -0.15) is 0 Å². The lowest BCUT2D eigenvalue weighted by atomic mass is 9.98. The first-order valence-corrected chi connectivity index (χ1v) is 7.61. The number of hydrogen-bond acceptors (Lipinski definition) is 4. The summed E-state index contributed by atoms with van der Waals surface area (Å²) in [6.45, 7) is 11.6. The maximum absolute atomic E-state index is 5.43. The normalized spacial score (nSPS) is 22.3. The molecule has 0 aliphatic carbocycles. The van der Waals surface area contributed by atoms with Gasteiger partial charge in [0.2, 0.25) is 0 Å². The minimum atomic E-state index is 0.161. The number of nitrogens with one attached hydrogen (secondary N) is 1. The van der Waals surface area contributed by atoms with Gasteiger partial charge in [-0.3, -0.25) is 0 Å². The lowest BCUT2D eigenvalue weighted by molar-refractivity contribution is 0.178. The Labute approximate surface area is 114 Å². The number of thiazole rings is 1. The molecule has 2 heterocycles. The zero-order chi connectivity index (χ0) is 13.2. The van der Waals surface area contributed by atoms with Gasteiger partial charge in [0.1, 0.15) is 0 Å². The highest BCUT2D eigenvalue weighted by Crippen LogP contribution is 2.25. The molecular formula is C14H24N2OS. The third kappa shape index (κ3) is 3.53. The van der Waals surface area contributed by atoms with E-state index < -0.39 is 0 Å². The van der Waals surface area contributed by atoms with Crippen LogP contribution in [0.5, 0.6) is 0 Å². The van der Waals surface area contributed by atoms with Crippen molar-refractivity contribution in [3.63, 3.8) is 0 Å². The van der Waals surface area contributed by atoms with E-state index in [9.17, 15) is 0 Å². The van der Waals surface area contributed by atoms with E-state index in [-0.39, 0.29) is 5.41 Å². The predicted octanol–water partition coefficient (Wildman–Crippen LogP) is 2.96. The summed E-state index contributed by atoms with van der Waals surface area (Å²) in [6.07, 6.45) is 1.18. The molecule has 18 heavy (non-hydrogen) atoms. The Morgan fingerprint density at radius 3 is 2.89 bits per heavy atom. The van der Waals surface area contributed by atoms with Gasteiger partial charge in [0.05, 0.1) is 17.3 Å². The van der Waals surface area contributed by atoms with Crippen molar-refractivity contribution in [1.29, 1.82) is 0 Å². The predicted molar refractivity (Wildman–Crippen MR) is 76.0 cm³/mol. The Bertz CT molecular complexity index is 377. The summed E-state index contributed by atoms with van der Waals surface area (Å²) < 4.78 is 5.43. The van der Waals surface area contributed by atoms with Gasteiger partial charge in [0.15, 0.2) is 0 Å². The highest BCUT2D eigenvalue weighted by Gasteiger charge is 2.22. The summed E-state index contributed by atoms with van der Waals surface area (Å²) >= 11 is 1.76. The number of nitrogens with zero attached hydrogens (tertiary/aromatic N) is 1. The van der Waals surface area contributed by atoms with E-state index in [0.29, 0.717) is 12.0 Å². The molecule has 0 saturated carbocycles. The van der Waals surface area contributed by atoms with Crippen LogP contribution in [0.4, 0.5) is 0 Å². The summed E-state index contributed by atoms with van der Waals surface area (Å²) in [5.41, 5.74) is 1.32. The van der Waals surface area contributed by atoms with Crippen LogP contribution in [0, 0.1) is 5.92 Å². The van der Waals surface area contributed by atoms with Gasteiger partial charge in [0.25, 0.3) is 0 Å². The maximum atomic E-state index is 5.43.